The van der Waals surface area contributed by atoms with E-state index in [1.165, 1.54) is 6.42 Å². The Morgan fingerprint density at radius 2 is 1.89 bits per heavy atom. The summed E-state index contributed by atoms with van der Waals surface area (Å²) in [5.41, 5.74) is -0.532. The minimum atomic E-state index is -0.532. The normalized spacial score (nSPS) is 26.6. The second-order valence-electron chi connectivity index (χ2n) is 5.87. The maximum atomic E-state index is 12.6. The maximum absolute atomic E-state index is 12.6. The summed E-state index contributed by atoms with van der Waals surface area (Å²) in [6, 6.07) is -0.308. The van der Waals surface area contributed by atoms with E-state index in [-0.39, 0.29) is 17.9 Å². The third-order valence-electron chi connectivity index (χ3n) is 4.63. The Morgan fingerprint density at radius 3 is 2.47 bits per heavy atom. The molecule has 2 amide bonds. The molecule has 1 N–H and O–H groups in total. The van der Waals surface area contributed by atoms with Crippen LogP contribution >= 0.6 is 0 Å². The summed E-state index contributed by atoms with van der Waals surface area (Å²) >= 11 is 0. The molecule has 0 aromatic rings. The lowest BCUT2D eigenvalue weighted by Crippen LogP contribution is -2.71. The molecule has 1 unspecified atom stereocenters. The van der Waals surface area contributed by atoms with Crippen molar-refractivity contribution < 1.29 is 9.59 Å². The van der Waals surface area contributed by atoms with E-state index in [4.69, 9.17) is 0 Å². The van der Waals surface area contributed by atoms with E-state index < -0.39 is 5.54 Å². The van der Waals surface area contributed by atoms with Gasteiger partial charge in [-0.05, 0) is 25.7 Å². The number of nitrogens with zero attached hydrogens (tertiary/aromatic N) is 1. The van der Waals surface area contributed by atoms with Crippen molar-refractivity contribution in [1.29, 1.82) is 0 Å². The van der Waals surface area contributed by atoms with Crippen molar-refractivity contribution in [2.45, 2.75) is 76.8 Å². The third kappa shape index (κ3) is 2.49. The van der Waals surface area contributed by atoms with E-state index in [9.17, 15) is 9.59 Å². The minimum absolute atomic E-state index is 0.0924. The standard InChI is InChI=1S/C15H26N2O2/c1-3-5-11-17-13(18)12(4-2)16-14(19)15(17)9-7-6-8-10-15/h12H,3-11H2,1-2H3,(H,16,19). The van der Waals surface area contributed by atoms with Crippen LogP contribution in [0.1, 0.15) is 65.2 Å². The number of amides is 2. The SMILES string of the molecule is CCCCN1C(=O)C(CC)NC(=O)C12CCCCC2. The molecule has 4 nitrogen and oxygen atoms in total. The summed E-state index contributed by atoms with van der Waals surface area (Å²) in [6.45, 7) is 4.82. The van der Waals surface area contributed by atoms with Gasteiger partial charge in [-0.3, -0.25) is 9.59 Å². The van der Waals surface area contributed by atoms with Crippen molar-refractivity contribution in [2.75, 3.05) is 6.54 Å². The number of hydrogen-bond donors (Lipinski definition) is 1. The van der Waals surface area contributed by atoms with Gasteiger partial charge < -0.3 is 10.2 Å². The first kappa shape index (κ1) is 14.4. The van der Waals surface area contributed by atoms with Crippen LogP contribution in [0.3, 0.4) is 0 Å². The van der Waals surface area contributed by atoms with Gasteiger partial charge in [-0.2, -0.15) is 0 Å². The van der Waals surface area contributed by atoms with Crippen LogP contribution < -0.4 is 5.32 Å². The molecule has 0 aromatic heterocycles. The molecule has 2 fully saturated rings. The molecule has 4 heteroatoms. The Kier molecular flexibility index (Phi) is 4.48. The van der Waals surface area contributed by atoms with Crippen LogP contribution in [0.5, 0.6) is 0 Å². The van der Waals surface area contributed by atoms with Crippen molar-refractivity contribution >= 4 is 11.8 Å². The van der Waals surface area contributed by atoms with Crippen LogP contribution in [-0.2, 0) is 9.59 Å². The zero-order valence-electron chi connectivity index (χ0n) is 12.2. The lowest BCUT2D eigenvalue weighted by Gasteiger charge is -2.50. The molecule has 0 bridgehead atoms. The Morgan fingerprint density at radius 1 is 1.21 bits per heavy atom. The van der Waals surface area contributed by atoms with Crippen LogP contribution in [0.15, 0.2) is 0 Å². The van der Waals surface area contributed by atoms with Crippen LogP contribution in [0.2, 0.25) is 0 Å². The minimum Gasteiger partial charge on any atom is -0.342 e. The highest BCUT2D eigenvalue weighted by molar-refractivity contribution is 5.99. The van der Waals surface area contributed by atoms with Crippen LogP contribution in [0, 0.1) is 0 Å². The van der Waals surface area contributed by atoms with E-state index in [1.807, 2.05) is 11.8 Å². The molecule has 1 saturated carbocycles. The quantitative estimate of drug-likeness (QED) is 0.848. The summed E-state index contributed by atoms with van der Waals surface area (Å²) in [5, 5.41) is 2.95. The van der Waals surface area contributed by atoms with Crippen molar-refractivity contribution in [3.63, 3.8) is 0 Å². The predicted octanol–water partition coefficient (Wildman–Crippen LogP) is 2.23. The average Bonchev–Trinajstić information content (AvgIpc) is 2.44. The van der Waals surface area contributed by atoms with E-state index in [0.717, 1.165) is 45.1 Å². The first-order chi connectivity index (χ1) is 9.15. The van der Waals surface area contributed by atoms with Gasteiger partial charge in [0.15, 0.2) is 0 Å². The summed E-state index contributed by atoms with van der Waals surface area (Å²) in [6.07, 6.45) is 7.69. The number of carbonyl (C=O) groups excluding carboxylic acids is 2. The van der Waals surface area contributed by atoms with Crippen LogP contribution in [0.4, 0.5) is 0 Å². The monoisotopic (exact) mass is 266 g/mol. The number of rotatable bonds is 4. The molecule has 1 heterocycles. The van der Waals surface area contributed by atoms with Gasteiger partial charge >= 0.3 is 0 Å². The number of unbranched alkanes of at least 4 members (excludes halogenated alkanes) is 1. The van der Waals surface area contributed by atoms with Gasteiger partial charge in [0.1, 0.15) is 11.6 Å². The molecule has 1 spiro atoms. The fourth-order valence-electron chi connectivity index (χ4n) is 3.43. The molecule has 19 heavy (non-hydrogen) atoms. The second-order valence-corrected chi connectivity index (χ2v) is 5.87. The van der Waals surface area contributed by atoms with Gasteiger partial charge in [-0.15, -0.1) is 0 Å². The van der Waals surface area contributed by atoms with E-state index in [0.29, 0.717) is 6.42 Å². The lowest BCUT2D eigenvalue weighted by molar-refractivity contribution is -0.160. The Balaban J connectivity index is 2.26. The summed E-state index contributed by atoms with van der Waals surface area (Å²) in [4.78, 5) is 27.1. The van der Waals surface area contributed by atoms with E-state index >= 15 is 0 Å². The Hall–Kier alpha value is -1.06. The van der Waals surface area contributed by atoms with Crippen molar-refractivity contribution in [2.24, 2.45) is 0 Å². The molecule has 0 radical (unpaired) electrons. The van der Waals surface area contributed by atoms with Gasteiger partial charge in [0, 0.05) is 6.54 Å². The van der Waals surface area contributed by atoms with E-state index in [2.05, 4.69) is 12.2 Å². The number of nitrogens with one attached hydrogen (secondary N) is 1. The van der Waals surface area contributed by atoms with Gasteiger partial charge in [-0.1, -0.05) is 39.5 Å². The lowest BCUT2D eigenvalue weighted by atomic mass is 9.77. The predicted molar refractivity (Wildman–Crippen MR) is 74.7 cm³/mol. The topological polar surface area (TPSA) is 49.4 Å². The highest BCUT2D eigenvalue weighted by Gasteiger charge is 2.51. The zero-order chi connectivity index (χ0) is 13.9. The fourth-order valence-corrected chi connectivity index (χ4v) is 3.43. The maximum Gasteiger partial charge on any atom is 0.246 e. The smallest absolute Gasteiger partial charge is 0.246 e. The van der Waals surface area contributed by atoms with Crippen molar-refractivity contribution in [3.8, 4) is 0 Å². The number of piperazine rings is 1. The molecule has 1 atom stereocenters. The molecule has 1 aliphatic carbocycles. The van der Waals surface area contributed by atoms with Crippen molar-refractivity contribution in [1.82, 2.24) is 10.2 Å². The molecule has 0 aromatic carbocycles. The largest absolute Gasteiger partial charge is 0.342 e. The molecule has 2 rings (SSSR count). The fraction of sp³-hybridized carbons (Fsp3) is 0.867. The molecule has 1 saturated heterocycles. The van der Waals surface area contributed by atoms with Gasteiger partial charge in [0.05, 0.1) is 0 Å². The zero-order valence-corrected chi connectivity index (χ0v) is 12.2. The third-order valence-corrected chi connectivity index (χ3v) is 4.63. The average molecular weight is 266 g/mol. The second kappa shape index (κ2) is 5.93. The summed E-state index contributed by atoms with van der Waals surface area (Å²) < 4.78 is 0. The Labute approximate surface area is 115 Å². The van der Waals surface area contributed by atoms with Gasteiger partial charge in [-0.25, -0.2) is 0 Å². The first-order valence-electron chi connectivity index (χ1n) is 7.78. The summed E-state index contributed by atoms with van der Waals surface area (Å²) in [7, 11) is 0. The highest BCUT2D eigenvalue weighted by atomic mass is 16.2. The number of carbonyl (C=O) groups is 2. The van der Waals surface area contributed by atoms with Crippen LogP contribution in [-0.4, -0.2) is 34.8 Å². The first-order valence-corrected chi connectivity index (χ1v) is 7.78. The number of hydrogen-bond acceptors (Lipinski definition) is 2. The molecular weight excluding hydrogens is 240 g/mol. The molecule has 108 valence electrons. The highest BCUT2D eigenvalue weighted by Crippen LogP contribution is 2.37. The molecular formula is C15H26N2O2. The molecule has 1 aliphatic heterocycles. The van der Waals surface area contributed by atoms with Crippen molar-refractivity contribution in [3.05, 3.63) is 0 Å². The molecule has 2 aliphatic rings. The summed E-state index contributed by atoms with van der Waals surface area (Å²) in [5.74, 6) is 0.229. The van der Waals surface area contributed by atoms with E-state index in [1.54, 1.807) is 0 Å². The van der Waals surface area contributed by atoms with Gasteiger partial charge in [0.2, 0.25) is 11.8 Å². The van der Waals surface area contributed by atoms with Gasteiger partial charge in [0.25, 0.3) is 0 Å². The Bertz CT molecular complexity index is 348. The van der Waals surface area contributed by atoms with Crippen LogP contribution in [0.25, 0.3) is 0 Å².